The Hall–Kier alpha value is -2.73. The molecular formula is C20H20N2O3S. The Balaban J connectivity index is 1.70. The third-order valence-corrected chi connectivity index (χ3v) is 4.79. The highest BCUT2D eigenvalue weighted by Gasteiger charge is 2.21. The molecule has 6 heteroatoms. The minimum absolute atomic E-state index is 0.113. The molecule has 3 rings (SSSR count). The predicted molar refractivity (Wildman–Crippen MR) is 105 cm³/mol. The number of fused-ring (bicyclic) bond motifs is 1. The standard InChI is InChI=1S/C20H20N2O3S/c1-22-11-12-25-18-9-6-15(13-17(18)20(22)24)21-19(23)10-5-14-3-7-16(26-2)8-4-14/h3-10,13H,11-12H2,1-2H3,(H,21,23)/b10-5+. The Bertz CT molecular complexity index is 847. The summed E-state index contributed by atoms with van der Waals surface area (Å²) in [6.45, 7) is 0.992. The molecular weight excluding hydrogens is 348 g/mol. The van der Waals surface area contributed by atoms with Gasteiger partial charge in [-0.1, -0.05) is 12.1 Å². The summed E-state index contributed by atoms with van der Waals surface area (Å²) in [5, 5.41) is 2.78. The molecule has 2 aromatic carbocycles. The van der Waals surface area contributed by atoms with Gasteiger partial charge in [0.1, 0.15) is 12.4 Å². The number of hydrogen-bond acceptors (Lipinski definition) is 4. The van der Waals surface area contributed by atoms with E-state index in [2.05, 4.69) is 5.32 Å². The van der Waals surface area contributed by atoms with Crippen LogP contribution < -0.4 is 10.1 Å². The Morgan fingerprint density at radius 1 is 1.23 bits per heavy atom. The van der Waals surface area contributed by atoms with Crippen molar-refractivity contribution in [1.29, 1.82) is 0 Å². The van der Waals surface area contributed by atoms with Gasteiger partial charge in [0.15, 0.2) is 0 Å². The molecule has 0 saturated heterocycles. The van der Waals surface area contributed by atoms with E-state index in [1.54, 1.807) is 48.0 Å². The minimum atomic E-state index is -0.255. The number of likely N-dealkylation sites (N-methyl/N-ethyl adjacent to an activating group) is 1. The van der Waals surface area contributed by atoms with E-state index < -0.39 is 0 Å². The smallest absolute Gasteiger partial charge is 0.257 e. The summed E-state index contributed by atoms with van der Waals surface area (Å²) < 4.78 is 5.58. The van der Waals surface area contributed by atoms with Gasteiger partial charge in [-0.15, -0.1) is 11.8 Å². The maximum atomic E-state index is 12.4. The van der Waals surface area contributed by atoms with Gasteiger partial charge in [0.2, 0.25) is 5.91 Å². The van der Waals surface area contributed by atoms with E-state index >= 15 is 0 Å². The van der Waals surface area contributed by atoms with Crippen molar-refractivity contribution in [2.24, 2.45) is 0 Å². The van der Waals surface area contributed by atoms with Crippen molar-refractivity contribution in [3.63, 3.8) is 0 Å². The number of benzene rings is 2. The number of carbonyl (C=O) groups is 2. The maximum Gasteiger partial charge on any atom is 0.257 e. The lowest BCUT2D eigenvalue weighted by atomic mass is 10.1. The average Bonchev–Trinajstić information content (AvgIpc) is 2.80. The lowest BCUT2D eigenvalue weighted by Crippen LogP contribution is -2.27. The number of anilines is 1. The fraction of sp³-hybridized carbons (Fsp3) is 0.200. The van der Waals surface area contributed by atoms with Crippen molar-refractivity contribution in [3.8, 4) is 5.75 Å². The molecule has 0 saturated carbocycles. The number of ether oxygens (including phenoxy) is 1. The molecule has 1 heterocycles. The zero-order valence-electron chi connectivity index (χ0n) is 14.7. The molecule has 1 aliphatic rings. The molecule has 0 aliphatic carbocycles. The minimum Gasteiger partial charge on any atom is -0.491 e. The van der Waals surface area contributed by atoms with Crippen LogP contribution in [0.1, 0.15) is 15.9 Å². The monoisotopic (exact) mass is 368 g/mol. The molecule has 2 aromatic rings. The molecule has 1 N–H and O–H groups in total. The van der Waals surface area contributed by atoms with Crippen LogP contribution in [0.5, 0.6) is 5.75 Å². The molecule has 0 atom stereocenters. The molecule has 0 radical (unpaired) electrons. The first-order valence-corrected chi connectivity index (χ1v) is 9.45. The highest BCUT2D eigenvalue weighted by atomic mass is 32.2. The van der Waals surface area contributed by atoms with Crippen LogP contribution in [0.4, 0.5) is 5.69 Å². The summed E-state index contributed by atoms with van der Waals surface area (Å²) >= 11 is 1.67. The molecule has 1 aliphatic heterocycles. The van der Waals surface area contributed by atoms with Gasteiger partial charge in [0.25, 0.3) is 5.91 Å². The quantitative estimate of drug-likeness (QED) is 0.663. The first-order valence-electron chi connectivity index (χ1n) is 8.22. The van der Waals surface area contributed by atoms with E-state index in [1.165, 1.54) is 11.0 Å². The lowest BCUT2D eigenvalue weighted by molar-refractivity contribution is -0.111. The van der Waals surface area contributed by atoms with E-state index in [1.807, 2.05) is 30.5 Å². The van der Waals surface area contributed by atoms with Crippen molar-refractivity contribution in [1.82, 2.24) is 4.90 Å². The summed E-state index contributed by atoms with van der Waals surface area (Å²) in [6, 6.07) is 13.0. The summed E-state index contributed by atoms with van der Waals surface area (Å²) in [7, 11) is 1.73. The predicted octanol–water partition coefficient (Wildman–Crippen LogP) is 3.52. The second-order valence-corrected chi connectivity index (χ2v) is 6.76. The van der Waals surface area contributed by atoms with Crippen LogP contribution in [0, 0.1) is 0 Å². The van der Waals surface area contributed by atoms with Crippen LogP contribution >= 0.6 is 11.8 Å². The molecule has 0 spiro atoms. The third kappa shape index (κ3) is 4.26. The zero-order valence-corrected chi connectivity index (χ0v) is 15.5. The normalized spacial score (nSPS) is 13.9. The Morgan fingerprint density at radius 3 is 2.73 bits per heavy atom. The largest absolute Gasteiger partial charge is 0.491 e. The van der Waals surface area contributed by atoms with Crippen molar-refractivity contribution in [3.05, 3.63) is 59.7 Å². The zero-order chi connectivity index (χ0) is 18.5. The average molecular weight is 368 g/mol. The van der Waals surface area contributed by atoms with Gasteiger partial charge in [-0.3, -0.25) is 9.59 Å². The molecule has 0 fully saturated rings. The Kier molecular flexibility index (Phi) is 5.63. The highest BCUT2D eigenvalue weighted by Crippen LogP contribution is 2.26. The van der Waals surface area contributed by atoms with Crippen LogP contribution in [0.3, 0.4) is 0 Å². The number of thioether (sulfide) groups is 1. The van der Waals surface area contributed by atoms with Crippen LogP contribution in [0.15, 0.2) is 53.4 Å². The lowest BCUT2D eigenvalue weighted by Gasteiger charge is -2.13. The third-order valence-electron chi connectivity index (χ3n) is 4.05. The van der Waals surface area contributed by atoms with Gasteiger partial charge < -0.3 is 15.0 Å². The van der Waals surface area contributed by atoms with E-state index in [9.17, 15) is 9.59 Å². The fourth-order valence-electron chi connectivity index (χ4n) is 2.57. The van der Waals surface area contributed by atoms with Gasteiger partial charge in [-0.05, 0) is 48.2 Å². The summed E-state index contributed by atoms with van der Waals surface area (Å²) in [5.74, 6) is 0.175. The second kappa shape index (κ2) is 8.10. The van der Waals surface area contributed by atoms with Gasteiger partial charge in [-0.2, -0.15) is 0 Å². The second-order valence-electron chi connectivity index (χ2n) is 5.88. The topological polar surface area (TPSA) is 58.6 Å². The summed E-state index contributed by atoms with van der Waals surface area (Å²) in [6.07, 6.45) is 5.25. The summed E-state index contributed by atoms with van der Waals surface area (Å²) in [4.78, 5) is 27.3. The van der Waals surface area contributed by atoms with E-state index in [4.69, 9.17) is 4.74 Å². The number of amides is 2. The van der Waals surface area contributed by atoms with Crippen molar-refractivity contribution in [2.45, 2.75) is 4.90 Å². The SMILES string of the molecule is CSc1ccc(/C=C/C(=O)Nc2ccc3c(c2)C(=O)N(C)CCO3)cc1. The van der Waals surface area contributed by atoms with Gasteiger partial charge >= 0.3 is 0 Å². The maximum absolute atomic E-state index is 12.4. The number of rotatable bonds is 4. The molecule has 26 heavy (non-hydrogen) atoms. The van der Waals surface area contributed by atoms with Crippen LogP contribution in [0.25, 0.3) is 6.08 Å². The highest BCUT2D eigenvalue weighted by molar-refractivity contribution is 7.98. The number of nitrogens with zero attached hydrogens (tertiary/aromatic N) is 1. The summed E-state index contributed by atoms with van der Waals surface area (Å²) in [5.41, 5.74) is 1.97. The van der Waals surface area contributed by atoms with E-state index in [0.29, 0.717) is 30.2 Å². The number of nitrogens with one attached hydrogen (secondary N) is 1. The molecule has 0 aromatic heterocycles. The van der Waals surface area contributed by atoms with E-state index in [0.717, 1.165) is 5.56 Å². The van der Waals surface area contributed by atoms with Crippen LogP contribution in [0.2, 0.25) is 0 Å². The molecule has 5 nitrogen and oxygen atoms in total. The van der Waals surface area contributed by atoms with Crippen LogP contribution in [-0.2, 0) is 4.79 Å². The molecule has 134 valence electrons. The van der Waals surface area contributed by atoms with Crippen molar-refractivity contribution in [2.75, 3.05) is 31.8 Å². The number of carbonyl (C=O) groups excluding carboxylic acids is 2. The molecule has 2 amide bonds. The van der Waals surface area contributed by atoms with Gasteiger partial charge in [0.05, 0.1) is 12.1 Å². The fourth-order valence-corrected chi connectivity index (χ4v) is 2.98. The van der Waals surface area contributed by atoms with E-state index in [-0.39, 0.29) is 11.8 Å². The van der Waals surface area contributed by atoms with Gasteiger partial charge in [0, 0.05) is 23.7 Å². The van der Waals surface area contributed by atoms with Gasteiger partial charge in [-0.25, -0.2) is 0 Å². The Labute approximate surface area is 157 Å². The number of hydrogen-bond donors (Lipinski definition) is 1. The van der Waals surface area contributed by atoms with Crippen molar-refractivity contribution < 1.29 is 14.3 Å². The molecule has 0 bridgehead atoms. The van der Waals surface area contributed by atoms with Crippen molar-refractivity contribution >= 4 is 35.3 Å². The first kappa shape index (κ1) is 18.1. The first-order chi connectivity index (χ1) is 12.6. The molecule has 0 unspecified atom stereocenters. The van der Waals surface area contributed by atoms with Crippen LogP contribution in [-0.4, -0.2) is 43.2 Å². The Morgan fingerprint density at radius 2 is 2.00 bits per heavy atom.